The lowest BCUT2D eigenvalue weighted by Crippen LogP contribution is -2.54. The molecule has 6 nitrogen and oxygen atoms in total. The van der Waals surface area contributed by atoms with E-state index in [1.807, 2.05) is 35.2 Å². The minimum atomic E-state index is -0.158. The average molecular weight is 342 g/mol. The van der Waals surface area contributed by atoms with Crippen LogP contribution >= 0.6 is 0 Å². The highest BCUT2D eigenvalue weighted by atomic mass is 16.5. The van der Waals surface area contributed by atoms with Crippen LogP contribution in [-0.4, -0.2) is 48.2 Å². The minimum absolute atomic E-state index is 0.0949. The first-order valence-electron chi connectivity index (χ1n) is 8.71. The highest BCUT2D eigenvalue weighted by Crippen LogP contribution is 2.41. The van der Waals surface area contributed by atoms with Crippen LogP contribution in [0.2, 0.25) is 0 Å². The monoisotopic (exact) mass is 342 g/mol. The van der Waals surface area contributed by atoms with Crippen molar-refractivity contribution in [3.8, 4) is 5.88 Å². The van der Waals surface area contributed by atoms with E-state index < -0.39 is 0 Å². The summed E-state index contributed by atoms with van der Waals surface area (Å²) in [6.07, 6.45) is 5.50. The Morgan fingerprint density at radius 3 is 3.12 bits per heavy atom. The van der Waals surface area contributed by atoms with Crippen molar-refractivity contribution in [1.29, 1.82) is 0 Å². The zero-order valence-electron chi connectivity index (χ0n) is 14.1. The van der Waals surface area contributed by atoms with Crippen molar-refractivity contribution in [2.75, 3.05) is 26.3 Å². The van der Waals surface area contributed by atoms with Crippen molar-refractivity contribution in [2.24, 2.45) is 5.41 Å². The molecule has 4 rings (SSSR count). The largest absolute Gasteiger partial charge is 0.477 e. The number of hydrogen-bond acceptors (Lipinski definition) is 5. The van der Waals surface area contributed by atoms with Gasteiger partial charge in [0.2, 0.25) is 11.8 Å². The second-order valence-corrected chi connectivity index (χ2v) is 6.79. The van der Waals surface area contributed by atoms with Crippen molar-refractivity contribution in [3.63, 3.8) is 0 Å². The number of ether oxygens (including phenoxy) is 2. The van der Waals surface area contributed by atoms with E-state index in [9.17, 15) is 4.79 Å². The van der Waals surface area contributed by atoms with Gasteiger partial charge in [-0.15, -0.1) is 0 Å². The fraction of sp³-hybridized carbons (Fsp3) is 0.474. The molecule has 0 unspecified atom stereocenters. The number of carbonyl (C=O) groups excluding carboxylic acids is 1. The Hall–Kier alpha value is -2.34. The normalized spacial score (nSPS) is 25.6. The van der Waals surface area contributed by atoms with Gasteiger partial charge in [-0.1, -0.05) is 6.07 Å². The minimum Gasteiger partial charge on any atom is -0.477 e. The van der Waals surface area contributed by atoms with Crippen molar-refractivity contribution in [3.05, 3.63) is 48.6 Å². The summed E-state index contributed by atoms with van der Waals surface area (Å²) in [7, 11) is 0. The fourth-order valence-corrected chi connectivity index (χ4v) is 3.79. The van der Waals surface area contributed by atoms with Crippen molar-refractivity contribution < 1.29 is 18.7 Å². The first-order valence-corrected chi connectivity index (χ1v) is 8.71. The van der Waals surface area contributed by atoms with Gasteiger partial charge in [0.25, 0.3) is 0 Å². The van der Waals surface area contributed by atoms with E-state index in [4.69, 9.17) is 13.9 Å². The maximum absolute atomic E-state index is 12.6. The molecular formula is C19H22N2O4. The second-order valence-electron chi connectivity index (χ2n) is 6.79. The van der Waals surface area contributed by atoms with E-state index in [0.717, 1.165) is 26.0 Å². The maximum Gasteiger partial charge on any atom is 0.230 e. The molecule has 0 radical (unpaired) electrons. The molecule has 2 aromatic heterocycles. The Bertz CT molecular complexity index is 703. The van der Waals surface area contributed by atoms with Gasteiger partial charge in [0.15, 0.2) is 0 Å². The molecule has 2 aromatic rings. The summed E-state index contributed by atoms with van der Waals surface area (Å²) < 4.78 is 17.2. The summed E-state index contributed by atoms with van der Waals surface area (Å²) in [5, 5.41) is 0. The van der Waals surface area contributed by atoms with E-state index in [-0.39, 0.29) is 17.4 Å². The molecule has 2 saturated heterocycles. The van der Waals surface area contributed by atoms with E-state index in [0.29, 0.717) is 31.2 Å². The van der Waals surface area contributed by atoms with E-state index in [1.54, 1.807) is 12.5 Å². The molecule has 1 amide bonds. The maximum atomic E-state index is 12.6. The molecule has 2 fully saturated rings. The number of nitrogens with zero attached hydrogens (tertiary/aromatic N) is 2. The van der Waals surface area contributed by atoms with Gasteiger partial charge < -0.3 is 18.8 Å². The summed E-state index contributed by atoms with van der Waals surface area (Å²) in [6, 6.07) is 9.26. The summed E-state index contributed by atoms with van der Waals surface area (Å²) in [4.78, 5) is 18.8. The standard InChI is InChI=1S/C19H22N2O4/c22-18(12-15-4-3-10-23-15)21-9-6-16-19(13-21,7-11-24-16)14-25-17-5-1-2-8-20-17/h1-5,8,10,16H,6-7,9,11-14H2/t16-,19+/m1/s1. The van der Waals surface area contributed by atoms with E-state index in [2.05, 4.69) is 4.98 Å². The lowest BCUT2D eigenvalue weighted by atomic mass is 9.77. The highest BCUT2D eigenvalue weighted by molar-refractivity contribution is 5.78. The first-order chi connectivity index (χ1) is 12.3. The van der Waals surface area contributed by atoms with Crippen LogP contribution in [0, 0.1) is 5.41 Å². The molecule has 2 atom stereocenters. The molecule has 0 aromatic carbocycles. The second kappa shape index (κ2) is 6.88. The fourth-order valence-electron chi connectivity index (χ4n) is 3.79. The number of rotatable bonds is 5. The van der Waals surface area contributed by atoms with Gasteiger partial charge in [-0.3, -0.25) is 4.79 Å². The van der Waals surface area contributed by atoms with Gasteiger partial charge in [-0.25, -0.2) is 4.98 Å². The van der Waals surface area contributed by atoms with Crippen LogP contribution in [0.15, 0.2) is 47.2 Å². The zero-order chi connectivity index (χ0) is 17.1. The smallest absolute Gasteiger partial charge is 0.230 e. The summed E-state index contributed by atoms with van der Waals surface area (Å²) >= 11 is 0. The highest BCUT2D eigenvalue weighted by Gasteiger charge is 2.49. The number of likely N-dealkylation sites (tertiary alicyclic amines) is 1. The third-order valence-electron chi connectivity index (χ3n) is 5.17. The SMILES string of the molecule is O=C(Cc1ccco1)N1CC[C@H]2OCC[C@@]2(COc2ccccn2)C1. The van der Waals surface area contributed by atoms with Crippen molar-refractivity contribution in [1.82, 2.24) is 9.88 Å². The number of hydrogen-bond donors (Lipinski definition) is 0. The van der Waals surface area contributed by atoms with Crippen molar-refractivity contribution >= 4 is 5.91 Å². The van der Waals surface area contributed by atoms with Crippen LogP contribution in [0.25, 0.3) is 0 Å². The molecule has 25 heavy (non-hydrogen) atoms. The van der Waals surface area contributed by atoms with Crippen LogP contribution in [-0.2, 0) is 16.0 Å². The van der Waals surface area contributed by atoms with Gasteiger partial charge in [0.05, 0.1) is 30.8 Å². The number of aromatic nitrogens is 1. The summed E-state index contributed by atoms with van der Waals surface area (Å²) in [5.41, 5.74) is -0.158. The third-order valence-corrected chi connectivity index (χ3v) is 5.17. The Morgan fingerprint density at radius 2 is 2.32 bits per heavy atom. The number of carbonyl (C=O) groups is 1. The Morgan fingerprint density at radius 1 is 1.36 bits per heavy atom. The van der Waals surface area contributed by atoms with Gasteiger partial charge in [-0.2, -0.15) is 0 Å². The molecule has 0 N–H and O–H groups in total. The zero-order valence-corrected chi connectivity index (χ0v) is 14.1. The van der Waals surface area contributed by atoms with Crippen molar-refractivity contribution in [2.45, 2.75) is 25.4 Å². The topological polar surface area (TPSA) is 64.8 Å². The number of furan rings is 1. The predicted octanol–water partition coefficient (Wildman–Crippen LogP) is 2.30. The first kappa shape index (κ1) is 16.1. The molecule has 6 heteroatoms. The number of piperidine rings is 1. The molecule has 0 spiro atoms. The summed E-state index contributed by atoms with van der Waals surface area (Å²) in [6.45, 7) is 2.61. The number of fused-ring (bicyclic) bond motifs is 1. The Balaban J connectivity index is 1.44. The molecule has 0 aliphatic carbocycles. The van der Waals surface area contributed by atoms with E-state index in [1.165, 1.54) is 0 Å². The molecule has 0 saturated carbocycles. The molecule has 4 heterocycles. The molecule has 2 aliphatic heterocycles. The molecule has 132 valence electrons. The molecular weight excluding hydrogens is 320 g/mol. The predicted molar refractivity (Wildman–Crippen MR) is 90.1 cm³/mol. The van der Waals surface area contributed by atoms with E-state index >= 15 is 0 Å². The average Bonchev–Trinajstić information content (AvgIpc) is 3.30. The molecule has 2 aliphatic rings. The number of amides is 1. The van der Waals surface area contributed by atoms with Gasteiger partial charge >= 0.3 is 0 Å². The van der Waals surface area contributed by atoms with Gasteiger partial charge in [0.1, 0.15) is 5.76 Å². The van der Waals surface area contributed by atoms with Crippen LogP contribution in [0.4, 0.5) is 0 Å². The number of pyridine rings is 1. The lowest BCUT2D eigenvalue weighted by Gasteiger charge is -2.43. The quantitative estimate of drug-likeness (QED) is 0.834. The molecule has 0 bridgehead atoms. The van der Waals surface area contributed by atoms with Gasteiger partial charge in [0, 0.05) is 32.0 Å². The van der Waals surface area contributed by atoms with Crippen LogP contribution in [0.1, 0.15) is 18.6 Å². The Kier molecular flexibility index (Phi) is 4.44. The van der Waals surface area contributed by atoms with Gasteiger partial charge in [-0.05, 0) is 31.0 Å². The summed E-state index contributed by atoms with van der Waals surface area (Å²) in [5.74, 6) is 1.41. The van der Waals surface area contributed by atoms with Crippen LogP contribution in [0.5, 0.6) is 5.88 Å². The third kappa shape index (κ3) is 3.39. The Labute approximate surface area is 146 Å². The van der Waals surface area contributed by atoms with Crippen LogP contribution in [0.3, 0.4) is 0 Å². The van der Waals surface area contributed by atoms with Crippen LogP contribution < -0.4 is 4.74 Å². The lowest BCUT2D eigenvalue weighted by molar-refractivity contribution is -0.137.